The van der Waals surface area contributed by atoms with Gasteiger partial charge in [-0.25, -0.2) is 9.59 Å². The number of alkyl carbamates (subject to hydrolysis) is 1. The number of ether oxygens (including phenoxy) is 1. The summed E-state index contributed by atoms with van der Waals surface area (Å²) < 4.78 is 5.49. The van der Waals surface area contributed by atoms with Gasteiger partial charge in [-0.05, 0) is 48.9 Å². The van der Waals surface area contributed by atoms with Crippen molar-refractivity contribution in [2.45, 2.75) is 50.7 Å². The van der Waals surface area contributed by atoms with Crippen molar-refractivity contribution in [1.82, 2.24) is 10.2 Å². The quantitative estimate of drug-likeness (QED) is 0.713. The predicted octanol–water partition coefficient (Wildman–Crippen LogP) is 3.38. The van der Waals surface area contributed by atoms with Crippen LogP contribution in [0.1, 0.15) is 43.7 Å². The van der Waals surface area contributed by atoms with Gasteiger partial charge in [0.2, 0.25) is 5.91 Å². The van der Waals surface area contributed by atoms with Gasteiger partial charge in [0.1, 0.15) is 18.7 Å². The fraction of sp³-hybridized carbons (Fsp3) is 0.375. The van der Waals surface area contributed by atoms with E-state index in [1.54, 1.807) is 6.92 Å². The zero-order valence-electron chi connectivity index (χ0n) is 17.6. The summed E-state index contributed by atoms with van der Waals surface area (Å²) in [6, 6.07) is 14.2. The Morgan fingerprint density at radius 3 is 2.10 bits per heavy atom. The summed E-state index contributed by atoms with van der Waals surface area (Å²) >= 11 is 0. The van der Waals surface area contributed by atoms with Crippen LogP contribution in [-0.2, 0) is 14.3 Å². The third kappa shape index (κ3) is 4.13. The second kappa shape index (κ2) is 8.41. The standard InChI is InChI=1S/C24H26N2O5/c1-14(22(27)26(16-11-12-16)15(2)23(28)29)25-24(30)31-13-21-19-9-5-3-7-17(19)18-8-4-6-10-20(18)21/h3-10,14-16,21H,11-13H2,1-2H3,(H,25,30)(H,28,29). The molecular formula is C24H26N2O5. The molecule has 2 aliphatic rings. The summed E-state index contributed by atoms with van der Waals surface area (Å²) in [4.78, 5) is 37.9. The molecule has 162 valence electrons. The van der Waals surface area contributed by atoms with Crippen molar-refractivity contribution >= 4 is 18.0 Å². The van der Waals surface area contributed by atoms with E-state index in [4.69, 9.17) is 4.74 Å². The minimum atomic E-state index is -1.06. The topological polar surface area (TPSA) is 95.9 Å². The fourth-order valence-corrected chi connectivity index (χ4v) is 4.26. The minimum Gasteiger partial charge on any atom is -0.480 e. The van der Waals surface area contributed by atoms with Crippen LogP contribution in [0.15, 0.2) is 48.5 Å². The Morgan fingerprint density at radius 2 is 1.58 bits per heavy atom. The number of benzene rings is 2. The largest absolute Gasteiger partial charge is 0.480 e. The van der Waals surface area contributed by atoms with Crippen molar-refractivity contribution in [2.75, 3.05) is 6.61 Å². The maximum Gasteiger partial charge on any atom is 0.407 e. The number of hydrogen-bond donors (Lipinski definition) is 2. The molecule has 2 amide bonds. The molecule has 0 bridgehead atoms. The first-order valence-corrected chi connectivity index (χ1v) is 10.5. The average molecular weight is 422 g/mol. The van der Waals surface area contributed by atoms with Gasteiger partial charge in [-0.15, -0.1) is 0 Å². The molecule has 1 saturated carbocycles. The second-order valence-electron chi connectivity index (χ2n) is 8.18. The van der Waals surface area contributed by atoms with Crippen LogP contribution < -0.4 is 5.32 Å². The number of rotatable bonds is 7. The van der Waals surface area contributed by atoms with Crippen molar-refractivity contribution in [2.24, 2.45) is 0 Å². The van der Waals surface area contributed by atoms with Gasteiger partial charge >= 0.3 is 12.1 Å². The first-order valence-electron chi connectivity index (χ1n) is 10.5. The first kappa shape index (κ1) is 20.9. The van der Waals surface area contributed by atoms with Gasteiger partial charge < -0.3 is 20.1 Å². The van der Waals surface area contributed by atoms with E-state index in [2.05, 4.69) is 17.4 Å². The summed E-state index contributed by atoms with van der Waals surface area (Å²) in [6.45, 7) is 3.19. The molecule has 0 saturated heterocycles. The molecule has 4 rings (SSSR count). The smallest absolute Gasteiger partial charge is 0.407 e. The Morgan fingerprint density at radius 1 is 1.03 bits per heavy atom. The summed E-state index contributed by atoms with van der Waals surface area (Å²) in [7, 11) is 0. The normalized spacial score (nSPS) is 16.6. The van der Waals surface area contributed by atoms with Gasteiger partial charge in [-0.1, -0.05) is 48.5 Å². The molecule has 31 heavy (non-hydrogen) atoms. The van der Waals surface area contributed by atoms with E-state index in [0.29, 0.717) is 0 Å². The lowest BCUT2D eigenvalue weighted by molar-refractivity contribution is -0.150. The Bertz CT molecular complexity index is 971. The molecule has 2 aliphatic carbocycles. The Kier molecular flexibility index (Phi) is 5.67. The summed E-state index contributed by atoms with van der Waals surface area (Å²) in [5.41, 5.74) is 4.49. The van der Waals surface area contributed by atoms with E-state index >= 15 is 0 Å². The number of fused-ring (bicyclic) bond motifs is 3. The van der Waals surface area contributed by atoms with Crippen LogP contribution >= 0.6 is 0 Å². The van der Waals surface area contributed by atoms with Gasteiger partial charge in [-0.2, -0.15) is 0 Å². The van der Waals surface area contributed by atoms with Crippen molar-refractivity contribution < 1.29 is 24.2 Å². The molecule has 7 nitrogen and oxygen atoms in total. The van der Waals surface area contributed by atoms with E-state index < -0.39 is 30.1 Å². The molecule has 2 unspecified atom stereocenters. The van der Waals surface area contributed by atoms with Gasteiger partial charge in [0.25, 0.3) is 0 Å². The monoisotopic (exact) mass is 422 g/mol. The molecule has 2 atom stereocenters. The number of nitrogens with zero attached hydrogens (tertiary/aromatic N) is 1. The molecule has 0 radical (unpaired) electrons. The lowest BCUT2D eigenvalue weighted by Gasteiger charge is -2.29. The molecule has 2 N–H and O–H groups in total. The SMILES string of the molecule is CC(NC(=O)OCC1c2ccccc2-c2ccccc21)C(=O)N(C1CC1)C(C)C(=O)O. The lowest BCUT2D eigenvalue weighted by Crippen LogP contribution is -2.53. The number of carbonyl (C=O) groups is 3. The number of carboxylic acids is 1. The third-order valence-corrected chi connectivity index (χ3v) is 6.02. The highest BCUT2D eigenvalue weighted by atomic mass is 16.5. The number of amides is 2. The Hall–Kier alpha value is -3.35. The molecule has 0 aromatic heterocycles. The van der Waals surface area contributed by atoms with Crippen molar-refractivity contribution in [3.63, 3.8) is 0 Å². The van der Waals surface area contributed by atoms with E-state index in [1.807, 2.05) is 36.4 Å². The minimum absolute atomic E-state index is 0.0702. The van der Waals surface area contributed by atoms with Crippen LogP contribution in [0.5, 0.6) is 0 Å². The molecule has 0 heterocycles. The van der Waals surface area contributed by atoms with Crippen LogP contribution in [0, 0.1) is 0 Å². The zero-order chi connectivity index (χ0) is 22.1. The van der Waals surface area contributed by atoms with Gasteiger partial charge in [0, 0.05) is 12.0 Å². The highest BCUT2D eigenvalue weighted by Crippen LogP contribution is 2.44. The maximum atomic E-state index is 12.8. The number of carbonyl (C=O) groups excluding carboxylic acids is 2. The van der Waals surface area contributed by atoms with E-state index in [-0.39, 0.29) is 18.6 Å². The number of nitrogens with one attached hydrogen (secondary N) is 1. The second-order valence-corrected chi connectivity index (χ2v) is 8.18. The van der Waals surface area contributed by atoms with Crippen molar-refractivity contribution in [1.29, 1.82) is 0 Å². The highest BCUT2D eigenvalue weighted by Gasteiger charge is 2.40. The number of hydrogen-bond acceptors (Lipinski definition) is 4. The third-order valence-electron chi connectivity index (χ3n) is 6.02. The Balaban J connectivity index is 1.39. The summed E-state index contributed by atoms with van der Waals surface area (Å²) in [5.74, 6) is -1.54. The van der Waals surface area contributed by atoms with Crippen LogP contribution in [0.3, 0.4) is 0 Å². The lowest BCUT2D eigenvalue weighted by atomic mass is 9.98. The van der Waals surface area contributed by atoms with E-state index in [1.165, 1.54) is 11.8 Å². The molecule has 2 aromatic carbocycles. The average Bonchev–Trinajstić information content (AvgIpc) is 3.54. The first-order chi connectivity index (χ1) is 14.9. The number of aliphatic carboxylic acids is 1. The highest BCUT2D eigenvalue weighted by molar-refractivity contribution is 5.89. The van der Waals surface area contributed by atoms with E-state index in [9.17, 15) is 19.5 Å². The molecule has 2 aromatic rings. The van der Waals surface area contributed by atoms with Crippen LogP contribution in [-0.4, -0.2) is 52.7 Å². The van der Waals surface area contributed by atoms with Crippen molar-refractivity contribution in [3.05, 3.63) is 59.7 Å². The van der Waals surface area contributed by atoms with Crippen LogP contribution in [0.25, 0.3) is 11.1 Å². The van der Waals surface area contributed by atoms with Crippen LogP contribution in [0.2, 0.25) is 0 Å². The zero-order valence-corrected chi connectivity index (χ0v) is 17.6. The van der Waals surface area contributed by atoms with Gasteiger partial charge in [0.15, 0.2) is 0 Å². The molecular weight excluding hydrogens is 396 g/mol. The van der Waals surface area contributed by atoms with Crippen molar-refractivity contribution in [3.8, 4) is 11.1 Å². The van der Waals surface area contributed by atoms with Crippen LogP contribution in [0.4, 0.5) is 4.79 Å². The number of carboxylic acid groups (broad SMARTS) is 1. The van der Waals surface area contributed by atoms with Gasteiger partial charge in [0.05, 0.1) is 0 Å². The summed E-state index contributed by atoms with van der Waals surface area (Å²) in [6.07, 6.45) is 0.864. The molecule has 1 fully saturated rings. The van der Waals surface area contributed by atoms with Gasteiger partial charge in [-0.3, -0.25) is 4.79 Å². The fourth-order valence-electron chi connectivity index (χ4n) is 4.26. The molecule has 0 aliphatic heterocycles. The maximum absolute atomic E-state index is 12.8. The molecule has 0 spiro atoms. The predicted molar refractivity (Wildman–Crippen MR) is 115 cm³/mol. The summed E-state index contributed by atoms with van der Waals surface area (Å²) in [5, 5.41) is 11.9. The molecule has 7 heteroatoms. The Labute approximate surface area is 181 Å². The van der Waals surface area contributed by atoms with E-state index in [0.717, 1.165) is 35.1 Å².